The van der Waals surface area contributed by atoms with Crippen molar-refractivity contribution < 1.29 is 46.7 Å². The molecule has 200 valence electrons. The first-order valence-corrected chi connectivity index (χ1v) is 14.2. The Morgan fingerprint density at radius 3 is 2.46 bits per heavy atom. The zero-order valence-electron chi connectivity index (χ0n) is 21.2. The van der Waals surface area contributed by atoms with Crippen LogP contribution < -0.4 is 10.6 Å². The van der Waals surface area contributed by atoms with Crippen molar-refractivity contribution in [1.82, 2.24) is 10.6 Å². The Morgan fingerprint density at radius 2 is 1.83 bits per heavy atom. The van der Waals surface area contributed by atoms with Crippen LogP contribution in [0.5, 0.6) is 0 Å². The van der Waals surface area contributed by atoms with E-state index in [-0.39, 0.29) is 44.4 Å². The minimum absolute atomic E-state index is 0.0437. The molecule has 0 saturated carbocycles. The van der Waals surface area contributed by atoms with E-state index in [9.17, 15) is 23.7 Å². The minimum Gasteiger partial charge on any atom is -0.466 e. The Morgan fingerprint density at radius 1 is 1.17 bits per heavy atom. The highest BCUT2D eigenvalue weighted by molar-refractivity contribution is 8.55. The van der Waals surface area contributed by atoms with Crippen LogP contribution in [-0.4, -0.2) is 101 Å². The van der Waals surface area contributed by atoms with E-state index >= 15 is 0 Å². The van der Waals surface area contributed by atoms with Crippen molar-refractivity contribution in [2.45, 2.75) is 26.4 Å². The summed E-state index contributed by atoms with van der Waals surface area (Å²) in [6.45, 7) is 0.00456. The van der Waals surface area contributed by atoms with Gasteiger partial charge in [-0.25, -0.2) is 14.2 Å². The van der Waals surface area contributed by atoms with Crippen molar-refractivity contribution in [3.05, 3.63) is 12.2 Å². The van der Waals surface area contributed by atoms with Gasteiger partial charge in [-0.05, 0) is 11.4 Å². The lowest BCUT2D eigenvalue weighted by atomic mass is 9.87. The molecule has 1 unspecified atom stereocenters. The molecule has 0 spiro atoms. The quantitative estimate of drug-likeness (QED) is 0.188. The summed E-state index contributed by atoms with van der Waals surface area (Å²) in [7, 11) is 7.02. The highest BCUT2D eigenvalue weighted by atomic mass is 32.7. The number of methoxy groups -OCH3 is 1. The number of likely N-dealkylation sites (N-methyl/N-ethyl adjacent to an activating group) is 1. The van der Waals surface area contributed by atoms with Crippen molar-refractivity contribution in [1.29, 1.82) is 0 Å². The maximum Gasteiger partial charge on any atom is 0.390 e. The minimum atomic E-state index is -3.86. The first-order valence-electron chi connectivity index (χ1n) is 11.0. The summed E-state index contributed by atoms with van der Waals surface area (Å²) in [5, 5.41) is 5.30. The van der Waals surface area contributed by atoms with E-state index in [0.717, 1.165) is 23.5 Å². The predicted octanol–water partition coefficient (Wildman–Crippen LogP) is 0.870. The van der Waals surface area contributed by atoms with E-state index in [2.05, 4.69) is 15.4 Å². The molecule has 14 heteroatoms. The summed E-state index contributed by atoms with van der Waals surface area (Å²) in [4.78, 5) is 48.1. The average molecular weight is 539 g/mol. The number of nitrogens with zero attached hydrogens (tertiary/aromatic N) is 1. The zero-order chi connectivity index (χ0) is 26.7. The highest BCUT2D eigenvalue weighted by Crippen LogP contribution is 2.62. The molecule has 0 aromatic rings. The maximum absolute atomic E-state index is 13.6. The summed E-state index contributed by atoms with van der Waals surface area (Å²) in [5.41, 5.74) is -1.15. The Hall–Kier alpha value is -1.92. The number of nitrogens with one attached hydrogen (secondary N) is 2. The molecular weight excluding hydrogens is 501 g/mol. The van der Waals surface area contributed by atoms with Gasteiger partial charge in [0.1, 0.15) is 13.2 Å². The molecule has 2 N–H and O–H groups in total. The lowest BCUT2D eigenvalue weighted by Crippen LogP contribution is -2.48. The van der Waals surface area contributed by atoms with Gasteiger partial charge in [0.2, 0.25) is 11.8 Å². The zero-order valence-corrected chi connectivity index (χ0v) is 22.9. The highest BCUT2D eigenvalue weighted by Gasteiger charge is 2.43. The molecule has 1 fully saturated rings. The first-order chi connectivity index (χ1) is 16.2. The van der Waals surface area contributed by atoms with Gasteiger partial charge in [0.25, 0.3) is 0 Å². The van der Waals surface area contributed by atoms with Crippen LogP contribution in [0, 0.1) is 5.41 Å². The fraction of sp³-hybridized carbons (Fsp3) is 0.714. The number of carbonyl (C=O) groups is 4. The Kier molecular flexibility index (Phi) is 12.4. The number of carbonyl (C=O) groups excluding carboxylic acids is 4. The Bertz CT molecular complexity index is 842. The summed E-state index contributed by atoms with van der Waals surface area (Å²) >= 11 is 0.890. The molecule has 1 saturated heterocycles. The number of ether oxygens (including phenoxy) is 2. The van der Waals surface area contributed by atoms with Crippen molar-refractivity contribution in [3.63, 3.8) is 0 Å². The number of amides is 2. The van der Waals surface area contributed by atoms with E-state index in [0.29, 0.717) is 11.0 Å². The number of hydrogen-bond donors (Lipinski definition) is 2. The lowest BCUT2D eigenvalue weighted by Gasteiger charge is -2.34. The fourth-order valence-electron chi connectivity index (χ4n) is 2.61. The third-order valence-corrected chi connectivity index (χ3v) is 8.40. The standard InChI is InChI=1S/C21H36N3O9PS/c1-21(2,15-31-18(27)8-7-17(26)30-6)19-20(28)23-10-9-16(25)22-11-14-35-34(29,33-19)32-13-12-24(3,4)5/h7-8,19H,9-15H2,1-6H3,(H-,22,23,25,28)/p+1/b8-7+/t19-,34?/m0/s1. The van der Waals surface area contributed by atoms with E-state index in [1.165, 1.54) is 7.11 Å². The molecule has 12 nitrogen and oxygen atoms in total. The largest absolute Gasteiger partial charge is 0.466 e. The molecule has 1 aliphatic heterocycles. The van der Waals surface area contributed by atoms with Crippen LogP contribution >= 0.6 is 18.2 Å². The summed E-state index contributed by atoms with van der Waals surface area (Å²) in [5.74, 6) is -2.19. The van der Waals surface area contributed by atoms with Crippen LogP contribution in [0.2, 0.25) is 0 Å². The smallest absolute Gasteiger partial charge is 0.390 e. The number of quaternary nitrogens is 1. The summed E-state index contributed by atoms with van der Waals surface area (Å²) in [6, 6.07) is 0. The van der Waals surface area contributed by atoms with Crippen molar-refractivity contribution in [2.75, 3.05) is 66.9 Å². The molecule has 1 heterocycles. The van der Waals surface area contributed by atoms with Crippen LogP contribution in [0.15, 0.2) is 12.2 Å². The molecule has 0 bridgehead atoms. The van der Waals surface area contributed by atoms with E-state index < -0.39 is 36.2 Å². The second-order valence-electron chi connectivity index (χ2n) is 9.46. The van der Waals surface area contributed by atoms with Crippen LogP contribution in [0.3, 0.4) is 0 Å². The van der Waals surface area contributed by atoms with Crippen molar-refractivity contribution >= 4 is 41.9 Å². The molecule has 35 heavy (non-hydrogen) atoms. The van der Waals surface area contributed by atoms with E-state index in [4.69, 9.17) is 13.8 Å². The van der Waals surface area contributed by atoms with Crippen molar-refractivity contribution in [3.8, 4) is 0 Å². The van der Waals surface area contributed by atoms with Gasteiger partial charge in [-0.1, -0.05) is 13.8 Å². The van der Waals surface area contributed by atoms with Gasteiger partial charge >= 0.3 is 18.7 Å². The van der Waals surface area contributed by atoms with Crippen LogP contribution in [-0.2, 0) is 42.3 Å². The molecule has 2 amide bonds. The van der Waals surface area contributed by atoms with Gasteiger partial charge in [-0.2, -0.15) is 0 Å². The van der Waals surface area contributed by atoms with E-state index in [1.54, 1.807) is 13.8 Å². The molecule has 0 aromatic carbocycles. The third kappa shape index (κ3) is 12.6. The molecule has 0 radical (unpaired) electrons. The van der Waals surface area contributed by atoms with Gasteiger partial charge < -0.3 is 24.6 Å². The molecule has 0 aromatic heterocycles. The first kappa shape index (κ1) is 31.1. The average Bonchev–Trinajstić information content (AvgIpc) is 2.75. The van der Waals surface area contributed by atoms with Gasteiger partial charge in [0.05, 0.1) is 34.9 Å². The van der Waals surface area contributed by atoms with Gasteiger partial charge in [-0.3, -0.25) is 18.6 Å². The molecule has 1 aliphatic rings. The topological polar surface area (TPSA) is 146 Å². The van der Waals surface area contributed by atoms with Crippen LogP contribution in [0.25, 0.3) is 0 Å². The molecule has 2 atom stereocenters. The van der Waals surface area contributed by atoms with Crippen LogP contribution in [0.4, 0.5) is 0 Å². The Labute approximate surface area is 210 Å². The third-order valence-electron chi connectivity index (χ3n) is 4.66. The number of hydrogen-bond acceptors (Lipinski definition) is 10. The number of rotatable bonds is 9. The molecular formula is C21H37N3O9PS+. The second kappa shape index (κ2) is 14.0. The fourth-order valence-corrected chi connectivity index (χ4v) is 6.00. The number of esters is 2. The monoisotopic (exact) mass is 538 g/mol. The maximum atomic E-state index is 13.6. The Balaban J connectivity index is 3.09. The normalized spacial score (nSPS) is 23.0. The van der Waals surface area contributed by atoms with Crippen molar-refractivity contribution in [2.24, 2.45) is 5.41 Å². The summed E-state index contributed by atoms with van der Waals surface area (Å²) < 4.78 is 35.3. The van der Waals surface area contributed by atoms with Gasteiger partial charge in [0.15, 0.2) is 6.10 Å². The molecule has 1 rings (SSSR count). The second-order valence-corrected chi connectivity index (χ2v) is 13.6. The predicted molar refractivity (Wildman–Crippen MR) is 130 cm³/mol. The van der Waals surface area contributed by atoms with Gasteiger partial charge in [-0.15, -0.1) is 0 Å². The lowest BCUT2D eigenvalue weighted by molar-refractivity contribution is -0.870. The molecule has 0 aliphatic carbocycles. The van der Waals surface area contributed by atoms with Gasteiger partial charge in [0, 0.05) is 42.8 Å². The summed E-state index contributed by atoms with van der Waals surface area (Å²) in [6.07, 6.45) is 0.544. The SMILES string of the molecule is COC(=O)/C=C/C(=O)OCC(C)(C)[C@H]1OP(=O)(OCC[N+](C)(C)C)SCCNC(=O)CCNC1=O. The van der Waals surface area contributed by atoms with E-state index in [1.807, 2.05) is 21.1 Å². The van der Waals surface area contributed by atoms with Crippen LogP contribution in [0.1, 0.15) is 20.3 Å².